The molecule has 0 fully saturated rings. The lowest BCUT2D eigenvalue weighted by atomic mass is 10.0. The van der Waals surface area contributed by atoms with Gasteiger partial charge in [-0.25, -0.2) is 5.48 Å². The molecule has 1 aromatic heterocycles. The number of fused-ring (bicyclic) bond motifs is 1. The first-order valence-electron chi connectivity index (χ1n) is 10.7. The standard InChI is InChI=1S/C25H28N4O4/c1-16(2)14-27-25(32)22(13-19-15-26-21-6-4-3-5-20(19)21)28-24(31)18-10-7-17(8-11-18)9-12-23(30)29-33/h3-12,15-16,22,26,33H,13-14H2,1-2H3,(H,27,32)(H,28,31)(H,29,30)/b12-9+. The summed E-state index contributed by atoms with van der Waals surface area (Å²) in [6, 6.07) is 13.6. The van der Waals surface area contributed by atoms with Crippen LogP contribution in [0.3, 0.4) is 0 Å². The molecule has 5 N–H and O–H groups in total. The van der Waals surface area contributed by atoms with Crippen LogP contribution in [-0.4, -0.2) is 40.5 Å². The van der Waals surface area contributed by atoms with Crippen LogP contribution in [-0.2, 0) is 16.0 Å². The molecule has 0 bridgehead atoms. The maximum Gasteiger partial charge on any atom is 0.267 e. The maximum atomic E-state index is 12.9. The lowest BCUT2D eigenvalue weighted by molar-refractivity contribution is -0.124. The van der Waals surface area contributed by atoms with Crippen LogP contribution in [0.2, 0.25) is 0 Å². The first-order valence-corrected chi connectivity index (χ1v) is 10.7. The number of hydrogen-bond donors (Lipinski definition) is 5. The number of hydrogen-bond acceptors (Lipinski definition) is 4. The van der Waals surface area contributed by atoms with Crippen molar-refractivity contribution in [1.29, 1.82) is 0 Å². The smallest absolute Gasteiger partial charge is 0.267 e. The molecule has 8 heteroatoms. The molecular weight excluding hydrogens is 420 g/mol. The first kappa shape index (κ1) is 23.7. The van der Waals surface area contributed by atoms with E-state index in [-0.39, 0.29) is 17.7 Å². The van der Waals surface area contributed by atoms with Gasteiger partial charge in [-0.2, -0.15) is 0 Å². The summed E-state index contributed by atoms with van der Waals surface area (Å²) in [7, 11) is 0. The summed E-state index contributed by atoms with van der Waals surface area (Å²) in [6.45, 7) is 4.53. The zero-order valence-electron chi connectivity index (χ0n) is 18.6. The van der Waals surface area contributed by atoms with Crippen molar-refractivity contribution in [3.8, 4) is 0 Å². The third-order valence-electron chi connectivity index (χ3n) is 5.12. The highest BCUT2D eigenvalue weighted by molar-refractivity contribution is 5.98. The Bertz CT molecular complexity index is 1150. The number of aromatic nitrogens is 1. The Kier molecular flexibility index (Phi) is 7.99. The van der Waals surface area contributed by atoms with Gasteiger partial charge in [-0.1, -0.05) is 44.2 Å². The monoisotopic (exact) mass is 448 g/mol. The van der Waals surface area contributed by atoms with Crippen molar-refractivity contribution >= 4 is 34.7 Å². The van der Waals surface area contributed by atoms with Gasteiger partial charge in [0.15, 0.2) is 0 Å². The molecule has 3 rings (SSSR count). The minimum Gasteiger partial charge on any atom is -0.361 e. The molecule has 3 amide bonds. The number of nitrogens with one attached hydrogen (secondary N) is 4. The van der Waals surface area contributed by atoms with Gasteiger partial charge in [0.1, 0.15) is 6.04 Å². The van der Waals surface area contributed by atoms with E-state index in [0.717, 1.165) is 16.5 Å². The van der Waals surface area contributed by atoms with Gasteiger partial charge in [0.2, 0.25) is 5.91 Å². The fourth-order valence-electron chi connectivity index (χ4n) is 3.35. The molecule has 33 heavy (non-hydrogen) atoms. The van der Waals surface area contributed by atoms with Crippen molar-refractivity contribution in [1.82, 2.24) is 21.1 Å². The van der Waals surface area contributed by atoms with Crippen LogP contribution in [0, 0.1) is 5.92 Å². The first-order chi connectivity index (χ1) is 15.9. The van der Waals surface area contributed by atoms with Crippen LogP contribution in [0.5, 0.6) is 0 Å². The van der Waals surface area contributed by atoms with Crippen LogP contribution < -0.4 is 16.1 Å². The SMILES string of the molecule is CC(C)CNC(=O)C(Cc1c[nH]c2ccccc12)NC(=O)c1ccc(/C=C/C(=O)NO)cc1. The summed E-state index contributed by atoms with van der Waals surface area (Å²) in [5, 5.41) is 15.3. The largest absolute Gasteiger partial charge is 0.361 e. The van der Waals surface area contributed by atoms with Crippen LogP contribution in [0.15, 0.2) is 60.8 Å². The second kappa shape index (κ2) is 11.1. The highest BCUT2D eigenvalue weighted by Crippen LogP contribution is 2.19. The van der Waals surface area contributed by atoms with Gasteiger partial charge in [-0.3, -0.25) is 19.6 Å². The Balaban J connectivity index is 1.76. The molecule has 2 aromatic carbocycles. The molecule has 0 saturated carbocycles. The Labute approximate surface area is 192 Å². The van der Waals surface area contributed by atoms with Crippen molar-refractivity contribution < 1.29 is 19.6 Å². The zero-order chi connectivity index (χ0) is 23.8. The predicted molar refractivity (Wildman–Crippen MR) is 127 cm³/mol. The number of aromatic amines is 1. The highest BCUT2D eigenvalue weighted by Gasteiger charge is 2.23. The average molecular weight is 449 g/mol. The average Bonchev–Trinajstić information content (AvgIpc) is 3.23. The fraction of sp³-hybridized carbons (Fsp3) is 0.240. The van der Waals surface area contributed by atoms with E-state index in [0.29, 0.717) is 24.1 Å². The Morgan fingerprint density at radius 2 is 1.79 bits per heavy atom. The van der Waals surface area contributed by atoms with Gasteiger partial charge in [0.25, 0.3) is 11.8 Å². The summed E-state index contributed by atoms with van der Waals surface area (Å²) in [4.78, 5) is 40.1. The van der Waals surface area contributed by atoms with Gasteiger partial charge in [0.05, 0.1) is 0 Å². The molecule has 0 aliphatic rings. The Morgan fingerprint density at radius 1 is 1.06 bits per heavy atom. The van der Waals surface area contributed by atoms with Crippen molar-refractivity contribution in [3.05, 3.63) is 77.5 Å². The van der Waals surface area contributed by atoms with Crippen molar-refractivity contribution in [3.63, 3.8) is 0 Å². The van der Waals surface area contributed by atoms with Crippen LogP contribution >= 0.6 is 0 Å². The second-order valence-corrected chi connectivity index (χ2v) is 8.16. The molecule has 0 aliphatic heterocycles. The van der Waals surface area contributed by atoms with Gasteiger partial charge >= 0.3 is 0 Å². The van der Waals surface area contributed by atoms with Gasteiger partial charge in [-0.15, -0.1) is 0 Å². The molecule has 1 heterocycles. The number of para-hydroxylation sites is 1. The molecule has 0 radical (unpaired) electrons. The third kappa shape index (κ3) is 6.54. The van der Waals surface area contributed by atoms with Crippen LogP contribution in [0.25, 0.3) is 17.0 Å². The van der Waals surface area contributed by atoms with E-state index in [1.165, 1.54) is 17.6 Å². The van der Waals surface area contributed by atoms with Crippen molar-refractivity contribution in [2.24, 2.45) is 5.92 Å². The van der Waals surface area contributed by atoms with Crippen LogP contribution in [0.1, 0.15) is 35.3 Å². The summed E-state index contributed by atoms with van der Waals surface area (Å²) in [5.74, 6) is -0.976. The number of amides is 3. The van der Waals surface area contributed by atoms with Crippen LogP contribution in [0.4, 0.5) is 0 Å². The van der Waals surface area contributed by atoms with Gasteiger partial charge in [-0.05, 0) is 41.3 Å². The highest BCUT2D eigenvalue weighted by atomic mass is 16.5. The number of benzene rings is 2. The summed E-state index contributed by atoms with van der Waals surface area (Å²) < 4.78 is 0. The fourth-order valence-corrected chi connectivity index (χ4v) is 3.35. The molecule has 1 unspecified atom stereocenters. The van der Waals surface area contributed by atoms with E-state index in [1.54, 1.807) is 24.3 Å². The third-order valence-corrected chi connectivity index (χ3v) is 5.12. The van der Waals surface area contributed by atoms with Gasteiger partial charge < -0.3 is 15.6 Å². The lowest BCUT2D eigenvalue weighted by Gasteiger charge is -2.19. The number of carbonyl (C=O) groups is 3. The summed E-state index contributed by atoms with van der Waals surface area (Å²) in [6.07, 6.45) is 4.89. The molecule has 0 aliphatic carbocycles. The Hall–Kier alpha value is -3.91. The van der Waals surface area contributed by atoms with E-state index in [2.05, 4.69) is 15.6 Å². The van der Waals surface area contributed by atoms with E-state index in [4.69, 9.17) is 5.21 Å². The molecule has 0 spiro atoms. The number of carbonyl (C=O) groups excluding carboxylic acids is 3. The van der Waals surface area contributed by atoms with Crippen molar-refractivity contribution in [2.75, 3.05) is 6.54 Å². The molecule has 3 aromatic rings. The summed E-state index contributed by atoms with van der Waals surface area (Å²) in [5.41, 5.74) is 4.50. The second-order valence-electron chi connectivity index (χ2n) is 8.16. The number of hydroxylamine groups is 1. The summed E-state index contributed by atoms with van der Waals surface area (Å²) >= 11 is 0. The lowest BCUT2D eigenvalue weighted by Crippen LogP contribution is -2.48. The topological polar surface area (TPSA) is 123 Å². The predicted octanol–water partition coefficient (Wildman–Crippen LogP) is 2.80. The zero-order valence-corrected chi connectivity index (χ0v) is 18.6. The maximum absolute atomic E-state index is 12.9. The number of H-pyrrole nitrogens is 1. The minimum absolute atomic E-state index is 0.239. The van der Waals surface area contributed by atoms with E-state index in [9.17, 15) is 14.4 Å². The quantitative estimate of drug-likeness (QED) is 0.196. The molecule has 8 nitrogen and oxygen atoms in total. The molecule has 0 saturated heterocycles. The minimum atomic E-state index is -0.747. The Morgan fingerprint density at radius 3 is 2.48 bits per heavy atom. The molecule has 172 valence electrons. The van der Waals surface area contributed by atoms with E-state index >= 15 is 0 Å². The van der Waals surface area contributed by atoms with Crippen molar-refractivity contribution in [2.45, 2.75) is 26.3 Å². The molecular formula is C25H28N4O4. The normalized spacial score (nSPS) is 12.1. The molecule has 1 atom stereocenters. The number of rotatable bonds is 9. The van der Waals surface area contributed by atoms with Gasteiger partial charge in [0, 0.05) is 41.7 Å². The van der Waals surface area contributed by atoms with E-state index in [1.807, 2.05) is 44.3 Å². The van der Waals surface area contributed by atoms with E-state index < -0.39 is 11.9 Å².